The molecular formula is C25H26F6O. The van der Waals surface area contributed by atoms with E-state index < -0.39 is 36.9 Å². The van der Waals surface area contributed by atoms with Crippen molar-refractivity contribution in [2.75, 3.05) is 6.61 Å². The summed E-state index contributed by atoms with van der Waals surface area (Å²) in [6.07, 6.45) is 1.18. The van der Waals surface area contributed by atoms with Crippen LogP contribution in [0.25, 0.3) is 11.7 Å². The lowest BCUT2D eigenvalue weighted by Crippen LogP contribution is -2.17. The Kier molecular flexibility index (Phi) is 8.04. The summed E-state index contributed by atoms with van der Waals surface area (Å²) in [5.74, 6) is -2.13. The predicted molar refractivity (Wildman–Crippen MR) is 113 cm³/mol. The highest BCUT2D eigenvalue weighted by molar-refractivity contribution is 5.83. The lowest BCUT2D eigenvalue weighted by Gasteiger charge is -2.28. The van der Waals surface area contributed by atoms with Gasteiger partial charge in [-0.2, -0.15) is 13.2 Å². The third-order valence-corrected chi connectivity index (χ3v) is 6.08. The van der Waals surface area contributed by atoms with E-state index in [1.54, 1.807) is 12.1 Å². The first-order valence-corrected chi connectivity index (χ1v) is 10.8. The van der Waals surface area contributed by atoms with Crippen LogP contribution in [0.2, 0.25) is 0 Å². The zero-order valence-electron chi connectivity index (χ0n) is 17.8. The molecule has 1 saturated carbocycles. The van der Waals surface area contributed by atoms with Crippen molar-refractivity contribution in [3.8, 4) is 0 Å². The topological polar surface area (TPSA) is 9.23 Å². The molecule has 7 heteroatoms. The summed E-state index contributed by atoms with van der Waals surface area (Å²) in [6.45, 7) is 0.0543. The molecule has 0 amide bonds. The van der Waals surface area contributed by atoms with Crippen LogP contribution in [0.4, 0.5) is 26.3 Å². The molecule has 174 valence electrons. The molecule has 0 spiro atoms. The van der Waals surface area contributed by atoms with Gasteiger partial charge in [0.2, 0.25) is 0 Å². The summed E-state index contributed by atoms with van der Waals surface area (Å²) in [5.41, 5.74) is 0.646. The third-order valence-electron chi connectivity index (χ3n) is 6.08. The van der Waals surface area contributed by atoms with E-state index in [9.17, 15) is 26.3 Å². The molecule has 1 fully saturated rings. The van der Waals surface area contributed by atoms with Gasteiger partial charge in [0.1, 0.15) is 12.4 Å². The average molecular weight is 456 g/mol. The molecule has 0 bridgehead atoms. The van der Waals surface area contributed by atoms with Crippen molar-refractivity contribution < 1.29 is 31.1 Å². The Morgan fingerprint density at radius 1 is 0.906 bits per heavy atom. The van der Waals surface area contributed by atoms with Gasteiger partial charge in [-0.3, -0.25) is 0 Å². The number of benzene rings is 2. The highest BCUT2D eigenvalue weighted by Crippen LogP contribution is 2.38. The van der Waals surface area contributed by atoms with Crippen molar-refractivity contribution in [1.82, 2.24) is 0 Å². The average Bonchev–Trinajstić information content (AvgIpc) is 2.78. The molecule has 0 radical (unpaired) electrons. The zero-order chi connectivity index (χ0) is 23.3. The molecule has 1 nitrogen and oxygen atoms in total. The van der Waals surface area contributed by atoms with Crippen molar-refractivity contribution in [2.45, 2.75) is 57.7 Å². The molecule has 0 atom stereocenters. The molecule has 0 aromatic heterocycles. The minimum absolute atomic E-state index is 0.0477. The second-order valence-corrected chi connectivity index (χ2v) is 8.29. The van der Waals surface area contributed by atoms with Crippen LogP contribution in [0.1, 0.15) is 67.2 Å². The number of hydrogen-bond acceptors (Lipinski definition) is 1. The highest BCUT2D eigenvalue weighted by Gasteiger charge is 2.27. The summed E-state index contributed by atoms with van der Waals surface area (Å²) in [4.78, 5) is 0. The molecule has 2 aromatic rings. The van der Waals surface area contributed by atoms with E-state index in [2.05, 4.69) is 11.7 Å². The van der Waals surface area contributed by atoms with Gasteiger partial charge in [0, 0.05) is 16.7 Å². The predicted octanol–water partition coefficient (Wildman–Crippen LogP) is 8.35. The van der Waals surface area contributed by atoms with Crippen LogP contribution in [0.15, 0.2) is 42.5 Å². The van der Waals surface area contributed by atoms with E-state index in [4.69, 9.17) is 0 Å². The number of halogens is 6. The normalized spacial score (nSPS) is 20.2. The highest BCUT2D eigenvalue weighted by atomic mass is 19.4. The van der Waals surface area contributed by atoms with Gasteiger partial charge in [-0.05, 0) is 49.1 Å². The van der Waals surface area contributed by atoms with E-state index in [-0.39, 0.29) is 16.7 Å². The first-order valence-electron chi connectivity index (χ1n) is 10.8. The maximum Gasteiger partial charge on any atom is 0.411 e. The van der Waals surface area contributed by atoms with Crippen LogP contribution in [0.3, 0.4) is 0 Å². The lowest BCUT2D eigenvalue weighted by atomic mass is 9.78. The third kappa shape index (κ3) is 6.37. The monoisotopic (exact) mass is 456 g/mol. The van der Waals surface area contributed by atoms with Crippen molar-refractivity contribution in [3.63, 3.8) is 0 Å². The van der Waals surface area contributed by atoms with Crippen LogP contribution < -0.4 is 0 Å². The molecular weight excluding hydrogens is 430 g/mol. The SMILES string of the molecule is CCC1CCC(c2ccc(/C(F)=C(/F)c3ccc(COCC(F)(F)F)c(F)c3)cc2)CC1. The van der Waals surface area contributed by atoms with Gasteiger partial charge < -0.3 is 4.74 Å². The molecule has 3 rings (SSSR count). The summed E-state index contributed by atoms with van der Waals surface area (Å²) in [7, 11) is 0. The van der Waals surface area contributed by atoms with E-state index in [1.807, 2.05) is 0 Å². The van der Waals surface area contributed by atoms with Crippen molar-refractivity contribution in [3.05, 3.63) is 70.5 Å². The number of ether oxygens (including phenoxy) is 1. The standard InChI is InChI=1S/C25H26F6O/c1-2-16-3-5-17(6-4-16)18-7-9-19(10-8-18)23(27)24(28)20-11-12-21(22(26)13-20)14-32-15-25(29,30)31/h7-13,16-17H,2-6,14-15H2,1H3/b24-23-. The van der Waals surface area contributed by atoms with Gasteiger partial charge in [-0.15, -0.1) is 0 Å². The maximum atomic E-state index is 14.7. The van der Waals surface area contributed by atoms with Crippen LogP contribution in [-0.2, 0) is 11.3 Å². The molecule has 1 aliphatic carbocycles. The van der Waals surface area contributed by atoms with Gasteiger partial charge in [0.15, 0.2) is 11.7 Å². The molecule has 0 unspecified atom stereocenters. The van der Waals surface area contributed by atoms with E-state index in [0.29, 0.717) is 5.92 Å². The van der Waals surface area contributed by atoms with E-state index in [1.165, 1.54) is 31.4 Å². The fourth-order valence-corrected chi connectivity index (χ4v) is 4.14. The lowest BCUT2D eigenvalue weighted by molar-refractivity contribution is -0.176. The number of alkyl halides is 3. The summed E-state index contributed by atoms with van der Waals surface area (Å²) >= 11 is 0. The van der Waals surface area contributed by atoms with Gasteiger partial charge in [-0.25, -0.2) is 13.2 Å². The Labute approximate surface area is 184 Å². The van der Waals surface area contributed by atoms with Crippen molar-refractivity contribution in [2.24, 2.45) is 5.92 Å². The van der Waals surface area contributed by atoms with Gasteiger partial charge in [-0.1, -0.05) is 49.7 Å². The van der Waals surface area contributed by atoms with Crippen LogP contribution in [0, 0.1) is 11.7 Å². The zero-order valence-corrected chi connectivity index (χ0v) is 17.8. The van der Waals surface area contributed by atoms with E-state index in [0.717, 1.165) is 42.5 Å². The van der Waals surface area contributed by atoms with Gasteiger partial charge in [0.05, 0.1) is 6.61 Å². The Bertz CT molecular complexity index is 924. The molecule has 0 saturated heterocycles. The Morgan fingerprint density at radius 3 is 2.06 bits per heavy atom. The molecule has 0 aliphatic heterocycles. The van der Waals surface area contributed by atoms with Crippen LogP contribution in [0.5, 0.6) is 0 Å². The fraction of sp³-hybridized carbons (Fsp3) is 0.440. The summed E-state index contributed by atoms with van der Waals surface area (Å²) < 4.78 is 84.2. The molecule has 0 N–H and O–H groups in total. The summed E-state index contributed by atoms with van der Waals surface area (Å²) in [5, 5.41) is 0. The van der Waals surface area contributed by atoms with Crippen molar-refractivity contribution in [1.29, 1.82) is 0 Å². The smallest absolute Gasteiger partial charge is 0.367 e. The van der Waals surface area contributed by atoms with E-state index >= 15 is 0 Å². The second kappa shape index (κ2) is 10.6. The quantitative estimate of drug-likeness (QED) is 0.300. The summed E-state index contributed by atoms with van der Waals surface area (Å²) in [6, 6.07) is 9.61. The Morgan fingerprint density at radius 2 is 1.50 bits per heavy atom. The maximum absolute atomic E-state index is 14.7. The Balaban J connectivity index is 1.69. The number of hydrogen-bond donors (Lipinski definition) is 0. The first-order chi connectivity index (χ1) is 15.2. The minimum Gasteiger partial charge on any atom is -0.367 e. The van der Waals surface area contributed by atoms with Crippen LogP contribution in [-0.4, -0.2) is 12.8 Å². The molecule has 0 heterocycles. The van der Waals surface area contributed by atoms with Gasteiger partial charge in [0.25, 0.3) is 0 Å². The molecule has 1 aliphatic rings. The minimum atomic E-state index is -4.53. The first kappa shape index (κ1) is 24.4. The second-order valence-electron chi connectivity index (χ2n) is 8.29. The van der Waals surface area contributed by atoms with Gasteiger partial charge >= 0.3 is 6.18 Å². The molecule has 32 heavy (non-hydrogen) atoms. The fourth-order valence-electron chi connectivity index (χ4n) is 4.14. The van der Waals surface area contributed by atoms with Crippen LogP contribution >= 0.6 is 0 Å². The Hall–Kier alpha value is -2.28. The largest absolute Gasteiger partial charge is 0.411 e. The molecule has 2 aromatic carbocycles. The van der Waals surface area contributed by atoms with Crippen molar-refractivity contribution >= 4 is 11.7 Å². The number of rotatable bonds is 7.